The lowest BCUT2D eigenvalue weighted by atomic mass is 10.1. The van der Waals surface area contributed by atoms with Crippen LogP contribution in [0.4, 0.5) is 4.39 Å². The van der Waals surface area contributed by atoms with E-state index in [1.807, 2.05) is 0 Å². The first-order chi connectivity index (χ1) is 8.49. The molecule has 0 saturated heterocycles. The molecule has 0 atom stereocenters. The van der Waals surface area contributed by atoms with Crippen LogP contribution in [-0.4, -0.2) is 14.1 Å². The number of nitrogens with two attached hydrogens (primary N) is 1. The predicted octanol–water partition coefficient (Wildman–Crippen LogP) is 1.01. The van der Waals surface area contributed by atoms with Gasteiger partial charge < -0.3 is 10.3 Å². The molecule has 0 fully saturated rings. The van der Waals surface area contributed by atoms with Gasteiger partial charge in [0, 0.05) is 25.0 Å². The van der Waals surface area contributed by atoms with Gasteiger partial charge in [0.15, 0.2) is 0 Å². The highest BCUT2D eigenvalue weighted by atomic mass is 32.1. The fraction of sp³-hybridized carbons (Fsp3) is 0.167. The Morgan fingerprint density at radius 1 is 1.44 bits per heavy atom. The normalized spacial score (nSPS) is 10.6. The second-order valence-electron chi connectivity index (χ2n) is 3.99. The van der Waals surface area contributed by atoms with Crippen molar-refractivity contribution >= 4 is 17.2 Å². The number of thiocarbonyl (C=S) groups is 1. The predicted molar refractivity (Wildman–Crippen MR) is 71.1 cm³/mol. The van der Waals surface area contributed by atoms with E-state index in [-0.39, 0.29) is 10.7 Å². The molecule has 0 aliphatic heterocycles. The van der Waals surface area contributed by atoms with Crippen molar-refractivity contribution in [2.75, 3.05) is 0 Å². The molecule has 0 radical (unpaired) electrons. The number of imidazole rings is 1. The van der Waals surface area contributed by atoms with Crippen LogP contribution >= 0.6 is 12.2 Å². The molecule has 0 unspecified atom stereocenters. The van der Waals surface area contributed by atoms with Crippen molar-refractivity contribution in [2.45, 2.75) is 6.54 Å². The monoisotopic (exact) mass is 265 g/mol. The minimum absolute atomic E-state index is 0.119. The number of hydrogen-bond acceptors (Lipinski definition) is 2. The zero-order valence-corrected chi connectivity index (χ0v) is 10.6. The fourth-order valence-electron chi connectivity index (χ4n) is 1.73. The molecule has 4 nitrogen and oxygen atoms in total. The molecule has 18 heavy (non-hydrogen) atoms. The fourth-order valence-corrected chi connectivity index (χ4v) is 1.92. The summed E-state index contributed by atoms with van der Waals surface area (Å²) in [5, 5.41) is 0. The third-order valence-electron chi connectivity index (χ3n) is 2.70. The molecule has 0 saturated carbocycles. The molecule has 6 heteroatoms. The van der Waals surface area contributed by atoms with E-state index in [4.69, 9.17) is 18.0 Å². The molecule has 0 bridgehead atoms. The third-order valence-corrected chi connectivity index (χ3v) is 2.92. The lowest BCUT2D eigenvalue weighted by Gasteiger charge is -2.08. The van der Waals surface area contributed by atoms with Gasteiger partial charge in [-0.05, 0) is 17.7 Å². The van der Waals surface area contributed by atoms with Gasteiger partial charge in [0.05, 0.1) is 6.54 Å². The van der Waals surface area contributed by atoms with E-state index in [1.54, 1.807) is 25.5 Å². The van der Waals surface area contributed by atoms with E-state index in [9.17, 15) is 9.18 Å². The number of nitrogens with zero attached hydrogens (tertiary/aromatic N) is 2. The van der Waals surface area contributed by atoms with Crippen molar-refractivity contribution in [1.29, 1.82) is 0 Å². The molecular weight excluding hydrogens is 253 g/mol. The first-order valence-electron chi connectivity index (χ1n) is 5.29. The lowest BCUT2D eigenvalue weighted by Crippen LogP contribution is -2.23. The second-order valence-corrected chi connectivity index (χ2v) is 4.43. The van der Waals surface area contributed by atoms with Crippen molar-refractivity contribution in [3.05, 3.63) is 58.0 Å². The Kier molecular flexibility index (Phi) is 3.29. The van der Waals surface area contributed by atoms with Crippen molar-refractivity contribution in [3.63, 3.8) is 0 Å². The van der Waals surface area contributed by atoms with Crippen LogP contribution in [0.5, 0.6) is 0 Å². The van der Waals surface area contributed by atoms with Crippen LogP contribution in [0, 0.1) is 5.82 Å². The van der Waals surface area contributed by atoms with Gasteiger partial charge in [-0.1, -0.05) is 18.3 Å². The summed E-state index contributed by atoms with van der Waals surface area (Å²) in [5.74, 6) is -0.401. The average molecular weight is 265 g/mol. The Morgan fingerprint density at radius 3 is 2.72 bits per heavy atom. The molecule has 1 heterocycles. The summed E-state index contributed by atoms with van der Waals surface area (Å²) in [6.07, 6.45) is 3.32. The molecule has 0 aliphatic carbocycles. The summed E-state index contributed by atoms with van der Waals surface area (Å²) in [7, 11) is 1.66. The first kappa shape index (κ1) is 12.5. The lowest BCUT2D eigenvalue weighted by molar-refractivity contribution is 0.625. The van der Waals surface area contributed by atoms with Crippen LogP contribution in [0.1, 0.15) is 11.1 Å². The third kappa shape index (κ3) is 2.33. The summed E-state index contributed by atoms with van der Waals surface area (Å²) in [6.45, 7) is 0.312. The summed E-state index contributed by atoms with van der Waals surface area (Å²) in [4.78, 5) is 11.8. The minimum Gasteiger partial charge on any atom is -0.389 e. The Hall–Kier alpha value is -1.95. The van der Waals surface area contributed by atoms with Gasteiger partial charge in [0.1, 0.15) is 10.8 Å². The zero-order valence-electron chi connectivity index (χ0n) is 9.76. The van der Waals surface area contributed by atoms with Gasteiger partial charge in [-0.3, -0.25) is 4.57 Å². The van der Waals surface area contributed by atoms with Gasteiger partial charge in [-0.2, -0.15) is 0 Å². The molecule has 0 spiro atoms. The van der Waals surface area contributed by atoms with Gasteiger partial charge in [0.25, 0.3) is 0 Å². The molecule has 2 aromatic rings. The maximum atomic E-state index is 13.1. The van der Waals surface area contributed by atoms with Crippen LogP contribution in [-0.2, 0) is 13.6 Å². The molecule has 1 aromatic heterocycles. The Morgan fingerprint density at radius 2 is 2.17 bits per heavy atom. The summed E-state index contributed by atoms with van der Waals surface area (Å²) in [5.41, 5.74) is 6.59. The maximum absolute atomic E-state index is 13.1. The standard InChI is InChI=1S/C12H12FN3OS/c1-15-4-5-16(12(15)17)7-8-2-3-9(13)6-10(8)11(14)18/h2-6H,7H2,1H3,(H2,14,18). The maximum Gasteiger partial charge on any atom is 0.328 e. The van der Waals surface area contributed by atoms with Crippen LogP contribution in [0.25, 0.3) is 0 Å². The van der Waals surface area contributed by atoms with Gasteiger partial charge >= 0.3 is 5.69 Å². The van der Waals surface area contributed by atoms with Crippen molar-refractivity contribution < 1.29 is 4.39 Å². The molecule has 2 N–H and O–H groups in total. The first-order valence-corrected chi connectivity index (χ1v) is 5.70. The number of hydrogen-bond donors (Lipinski definition) is 1. The van der Waals surface area contributed by atoms with Crippen LogP contribution in [0.3, 0.4) is 0 Å². The molecule has 0 aliphatic rings. The number of aromatic nitrogens is 2. The molecular formula is C12H12FN3OS. The van der Waals surface area contributed by atoms with Crippen LogP contribution in [0.15, 0.2) is 35.4 Å². The van der Waals surface area contributed by atoms with Crippen LogP contribution < -0.4 is 11.4 Å². The highest BCUT2D eigenvalue weighted by Crippen LogP contribution is 2.12. The van der Waals surface area contributed by atoms with Crippen molar-refractivity contribution in [2.24, 2.45) is 12.8 Å². The van der Waals surface area contributed by atoms with E-state index in [0.717, 1.165) is 5.56 Å². The average Bonchev–Trinajstić information content (AvgIpc) is 2.63. The largest absolute Gasteiger partial charge is 0.389 e. The highest BCUT2D eigenvalue weighted by molar-refractivity contribution is 7.80. The molecule has 0 amide bonds. The summed E-state index contributed by atoms with van der Waals surface area (Å²) < 4.78 is 16.1. The summed E-state index contributed by atoms with van der Waals surface area (Å²) >= 11 is 4.88. The summed E-state index contributed by atoms with van der Waals surface area (Å²) in [6, 6.07) is 4.19. The van der Waals surface area contributed by atoms with Gasteiger partial charge in [-0.25, -0.2) is 9.18 Å². The highest BCUT2D eigenvalue weighted by Gasteiger charge is 2.09. The topological polar surface area (TPSA) is 52.9 Å². The minimum atomic E-state index is -0.401. The van der Waals surface area contributed by atoms with E-state index < -0.39 is 5.82 Å². The van der Waals surface area contributed by atoms with E-state index in [0.29, 0.717) is 12.1 Å². The molecule has 94 valence electrons. The SMILES string of the molecule is Cn1ccn(Cc2ccc(F)cc2C(N)=S)c1=O. The van der Waals surface area contributed by atoms with Crippen molar-refractivity contribution in [1.82, 2.24) is 9.13 Å². The van der Waals surface area contributed by atoms with Gasteiger partial charge in [0.2, 0.25) is 0 Å². The van der Waals surface area contributed by atoms with Gasteiger partial charge in [-0.15, -0.1) is 0 Å². The van der Waals surface area contributed by atoms with E-state index in [1.165, 1.54) is 21.3 Å². The van der Waals surface area contributed by atoms with E-state index >= 15 is 0 Å². The Balaban J connectivity index is 2.43. The quantitative estimate of drug-likeness (QED) is 0.843. The second kappa shape index (κ2) is 4.73. The Labute approximate surface area is 108 Å². The molecule has 1 aromatic carbocycles. The zero-order chi connectivity index (χ0) is 13.3. The number of benzene rings is 1. The smallest absolute Gasteiger partial charge is 0.328 e. The van der Waals surface area contributed by atoms with Crippen LogP contribution in [0.2, 0.25) is 0 Å². The molecule has 2 rings (SSSR count). The number of rotatable bonds is 3. The van der Waals surface area contributed by atoms with E-state index in [2.05, 4.69) is 0 Å². The van der Waals surface area contributed by atoms with Crippen molar-refractivity contribution in [3.8, 4) is 0 Å². The number of halogens is 1. The Bertz CT molecular complexity index is 660. The number of aryl methyl sites for hydroxylation is 1.